The Balaban J connectivity index is 3.00. The van der Waals surface area contributed by atoms with Gasteiger partial charge in [-0.1, -0.05) is 68.2 Å². The average molecular weight is 661 g/mol. The molecule has 0 aromatic carbocycles. The van der Waals surface area contributed by atoms with Crippen molar-refractivity contribution in [2.75, 3.05) is 6.54 Å². The van der Waals surface area contributed by atoms with Gasteiger partial charge in [-0.25, -0.2) is 0 Å². The minimum Gasteiger partial charge on any atom is -0.619 e. The standard InChI is InChI=1S/C35H60N6O6/c1-11-14-28(38-35(46)30(23(8)12-2)40-32(43)26-17-18-41(47)25(10)20-26)33(44)37-27(19-21(4)5)16-15-24(9)31(42)39-29(22(6)7)34(45)36-13-3/h17-18,20-24,27-30H,11-16,19H2,1-10H3,(H,36,45)(H,37,44)(H,38,46)(H,39,42)(H,40,43)/t23-,24+,27+,28-,29-,30-/m0/s1. The van der Waals surface area contributed by atoms with Gasteiger partial charge in [0.2, 0.25) is 23.6 Å². The summed E-state index contributed by atoms with van der Waals surface area (Å²) in [6.07, 6.45) is 4.65. The summed E-state index contributed by atoms with van der Waals surface area (Å²) in [6, 6.07) is 0.313. The lowest BCUT2D eigenvalue weighted by molar-refractivity contribution is -0.612. The fraction of sp³-hybridized carbons (Fsp3) is 0.714. The molecule has 0 unspecified atom stereocenters. The highest BCUT2D eigenvalue weighted by Crippen LogP contribution is 2.17. The van der Waals surface area contributed by atoms with Crippen molar-refractivity contribution in [3.63, 3.8) is 0 Å². The molecule has 12 heteroatoms. The molecule has 12 nitrogen and oxygen atoms in total. The summed E-state index contributed by atoms with van der Waals surface area (Å²) in [4.78, 5) is 65.7. The Morgan fingerprint density at radius 1 is 0.787 bits per heavy atom. The zero-order chi connectivity index (χ0) is 35.8. The molecule has 0 saturated carbocycles. The van der Waals surface area contributed by atoms with Crippen molar-refractivity contribution in [3.05, 3.63) is 34.8 Å². The molecule has 266 valence electrons. The maximum Gasteiger partial charge on any atom is 0.252 e. The predicted octanol–water partition coefficient (Wildman–Crippen LogP) is 3.28. The molecule has 0 saturated heterocycles. The summed E-state index contributed by atoms with van der Waals surface area (Å²) in [6.45, 7) is 19.3. The van der Waals surface area contributed by atoms with Crippen molar-refractivity contribution in [2.24, 2.45) is 23.7 Å². The Hall–Kier alpha value is -3.70. The summed E-state index contributed by atoms with van der Waals surface area (Å²) >= 11 is 0. The summed E-state index contributed by atoms with van der Waals surface area (Å²) < 4.78 is 0.655. The second-order valence-electron chi connectivity index (χ2n) is 13.5. The zero-order valence-electron chi connectivity index (χ0n) is 30.2. The van der Waals surface area contributed by atoms with Gasteiger partial charge in [0.25, 0.3) is 5.91 Å². The Kier molecular flexibility index (Phi) is 18.0. The molecule has 0 bridgehead atoms. The second kappa shape index (κ2) is 20.5. The first kappa shape index (κ1) is 41.3. The number of likely N-dealkylation sites (N-methyl/N-ethyl adjacent to an activating group) is 1. The molecule has 1 rings (SSSR count). The van der Waals surface area contributed by atoms with Crippen LogP contribution in [0, 0.1) is 35.8 Å². The lowest BCUT2D eigenvalue weighted by Gasteiger charge is -2.28. The van der Waals surface area contributed by atoms with E-state index in [0.29, 0.717) is 55.5 Å². The molecule has 47 heavy (non-hydrogen) atoms. The van der Waals surface area contributed by atoms with Gasteiger partial charge in [0.1, 0.15) is 18.1 Å². The molecule has 0 aliphatic rings. The molecule has 0 aliphatic carbocycles. The van der Waals surface area contributed by atoms with E-state index in [2.05, 4.69) is 40.4 Å². The first-order valence-corrected chi connectivity index (χ1v) is 17.2. The molecule has 0 fully saturated rings. The van der Waals surface area contributed by atoms with Crippen molar-refractivity contribution >= 4 is 29.5 Å². The summed E-state index contributed by atoms with van der Waals surface area (Å²) in [7, 11) is 0. The van der Waals surface area contributed by atoms with Crippen molar-refractivity contribution in [3.8, 4) is 0 Å². The maximum atomic E-state index is 13.6. The SMILES string of the molecule is CCC[C@H](NC(=O)[C@@H](NC(=O)c1cc[n+]([O-])c(C)c1)[C@@H](C)CC)C(=O)N[C@H](CC[C@@H](C)C(=O)N[C@H](C(=O)NCC)C(C)C)CC(C)C. The van der Waals surface area contributed by atoms with Crippen LogP contribution in [0.2, 0.25) is 0 Å². The van der Waals surface area contributed by atoms with Gasteiger partial charge in [0.05, 0.1) is 5.56 Å². The Labute approximate surface area is 281 Å². The molecule has 6 atom stereocenters. The number of hydrogen-bond donors (Lipinski definition) is 5. The van der Waals surface area contributed by atoms with Gasteiger partial charge in [0, 0.05) is 37.6 Å². The molecule has 0 spiro atoms. The Morgan fingerprint density at radius 3 is 1.98 bits per heavy atom. The number of hydrogen-bond acceptors (Lipinski definition) is 6. The van der Waals surface area contributed by atoms with Crippen LogP contribution in [-0.4, -0.2) is 60.2 Å². The molecule has 5 N–H and O–H groups in total. The van der Waals surface area contributed by atoms with E-state index in [1.54, 1.807) is 6.92 Å². The normalized spacial score (nSPS) is 15.1. The Bertz CT molecular complexity index is 1190. The number of rotatable bonds is 20. The monoisotopic (exact) mass is 660 g/mol. The summed E-state index contributed by atoms with van der Waals surface area (Å²) in [5, 5.41) is 26.2. The summed E-state index contributed by atoms with van der Waals surface area (Å²) in [5.41, 5.74) is 0.619. The third-order valence-electron chi connectivity index (χ3n) is 8.45. The van der Waals surface area contributed by atoms with Crippen LogP contribution in [0.15, 0.2) is 18.3 Å². The smallest absolute Gasteiger partial charge is 0.252 e. The zero-order valence-corrected chi connectivity index (χ0v) is 30.2. The van der Waals surface area contributed by atoms with Crippen LogP contribution < -0.4 is 31.3 Å². The number of aryl methyl sites for hydroxylation is 1. The minimum absolute atomic E-state index is 0.0710. The van der Waals surface area contributed by atoms with Gasteiger partial charge in [0.15, 0.2) is 11.9 Å². The van der Waals surface area contributed by atoms with Crippen LogP contribution in [0.4, 0.5) is 0 Å². The fourth-order valence-electron chi connectivity index (χ4n) is 5.31. The predicted molar refractivity (Wildman–Crippen MR) is 183 cm³/mol. The average Bonchev–Trinajstić information content (AvgIpc) is 3.00. The van der Waals surface area contributed by atoms with Crippen LogP contribution in [0.25, 0.3) is 0 Å². The van der Waals surface area contributed by atoms with Crippen LogP contribution >= 0.6 is 0 Å². The van der Waals surface area contributed by atoms with E-state index in [1.807, 2.05) is 48.5 Å². The first-order chi connectivity index (χ1) is 22.1. The van der Waals surface area contributed by atoms with E-state index in [1.165, 1.54) is 18.3 Å². The van der Waals surface area contributed by atoms with E-state index in [9.17, 15) is 29.2 Å². The largest absolute Gasteiger partial charge is 0.619 e. The van der Waals surface area contributed by atoms with Crippen molar-refractivity contribution in [1.82, 2.24) is 26.6 Å². The highest BCUT2D eigenvalue weighted by molar-refractivity contribution is 5.98. The number of carbonyl (C=O) groups excluding carboxylic acids is 5. The molecular weight excluding hydrogens is 600 g/mol. The number of pyridine rings is 1. The molecule has 0 aliphatic heterocycles. The van der Waals surface area contributed by atoms with Crippen LogP contribution in [0.3, 0.4) is 0 Å². The minimum atomic E-state index is -0.889. The molecule has 1 aromatic heterocycles. The first-order valence-electron chi connectivity index (χ1n) is 17.2. The number of amides is 5. The molecular formula is C35H60N6O6. The van der Waals surface area contributed by atoms with E-state index in [-0.39, 0.29) is 53.0 Å². The number of carbonyl (C=O) groups is 5. The lowest BCUT2D eigenvalue weighted by Crippen LogP contribution is -2.56. The van der Waals surface area contributed by atoms with E-state index < -0.39 is 29.9 Å². The molecule has 1 heterocycles. The quantitative estimate of drug-likeness (QED) is 0.106. The number of nitrogens with one attached hydrogen (secondary N) is 5. The van der Waals surface area contributed by atoms with E-state index in [4.69, 9.17) is 0 Å². The van der Waals surface area contributed by atoms with Crippen molar-refractivity contribution in [2.45, 2.75) is 132 Å². The van der Waals surface area contributed by atoms with Gasteiger partial charge in [-0.05, 0) is 50.4 Å². The number of aromatic nitrogens is 1. The van der Waals surface area contributed by atoms with Crippen molar-refractivity contribution < 1.29 is 28.7 Å². The third-order valence-corrected chi connectivity index (χ3v) is 8.45. The molecule has 0 radical (unpaired) electrons. The van der Waals surface area contributed by atoms with Gasteiger partial charge in [-0.3, -0.25) is 24.0 Å². The summed E-state index contributed by atoms with van der Waals surface area (Å²) in [5.74, 6) is -2.06. The van der Waals surface area contributed by atoms with Gasteiger partial charge < -0.3 is 31.8 Å². The van der Waals surface area contributed by atoms with Gasteiger partial charge in [-0.15, -0.1) is 0 Å². The lowest BCUT2D eigenvalue weighted by atomic mass is 9.94. The van der Waals surface area contributed by atoms with Crippen LogP contribution in [0.5, 0.6) is 0 Å². The number of nitrogens with zero attached hydrogens (tertiary/aromatic N) is 1. The van der Waals surface area contributed by atoms with E-state index >= 15 is 0 Å². The highest BCUT2D eigenvalue weighted by Gasteiger charge is 2.31. The van der Waals surface area contributed by atoms with E-state index in [0.717, 1.165) is 0 Å². The molecule has 1 aromatic rings. The highest BCUT2D eigenvalue weighted by atomic mass is 16.5. The maximum absolute atomic E-state index is 13.6. The third kappa shape index (κ3) is 13.9. The topological polar surface area (TPSA) is 172 Å². The van der Waals surface area contributed by atoms with Crippen LogP contribution in [-0.2, 0) is 19.2 Å². The van der Waals surface area contributed by atoms with Crippen molar-refractivity contribution in [1.29, 1.82) is 0 Å². The fourth-order valence-corrected chi connectivity index (χ4v) is 5.31. The Morgan fingerprint density at radius 2 is 1.45 bits per heavy atom. The second-order valence-corrected chi connectivity index (χ2v) is 13.5. The van der Waals surface area contributed by atoms with Gasteiger partial charge in [-0.2, -0.15) is 4.73 Å². The van der Waals surface area contributed by atoms with Crippen LogP contribution in [0.1, 0.15) is 117 Å². The van der Waals surface area contributed by atoms with Gasteiger partial charge >= 0.3 is 0 Å². The molecule has 5 amide bonds.